The monoisotopic (exact) mass is 332 g/mol. The third-order valence-corrected chi connectivity index (χ3v) is 4.52. The smallest absolute Gasteiger partial charge is 0.251 e. The van der Waals surface area contributed by atoms with Crippen LogP contribution in [0.3, 0.4) is 0 Å². The molecule has 0 aromatic heterocycles. The second-order valence-electron chi connectivity index (χ2n) is 5.51. The van der Waals surface area contributed by atoms with E-state index in [-0.39, 0.29) is 10.8 Å². The summed E-state index contributed by atoms with van der Waals surface area (Å²) in [5.41, 5.74) is 3.58. The molecule has 1 amide bonds. The predicted molar refractivity (Wildman–Crippen MR) is 89.8 cm³/mol. The van der Waals surface area contributed by atoms with Crippen molar-refractivity contribution in [3.8, 4) is 0 Å². The second kappa shape index (κ2) is 6.93. The molecule has 0 unspecified atom stereocenters. The lowest BCUT2D eigenvalue weighted by Gasteiger charge is -2.09. The van der Waals surface area contributed by atoms with Gasteiger partial charge in [-0.05, 0) is 49.6 Å². The van der Waals surface area contributed by atoms with Crippen molar-refractivity contribution in [1.82, 2.24) is 5.32 Å². The van der Waals surface area contributed by atoms with Crippen LogP contribution in [0.5, 0.6) is 0 Å². The first-order valence-corrected chi connectivity index (χ1v) is 8.79. The normalized spacial score (nSPS) is 11.3. The lowest BCUT2D eigenvalue weighted by atomic mass is 10.0. The average Bonchev–Trinajstić information content (AvgIpc) is 2.49. The van der Waals surface area contributed by atoms with Gasteiger partial charge in [0.15, 0.2) is 0 Å². The number of amides is 1. The van der Waals surface area contributed by atoms with E-state index in [0.717, 1.165) is 16.7 Å². The Morgan fingerprint density at radius 2 is 1.74 bits per heavy atom. The lowest BCUT2D eigenvalue weighted by Crippen LogP contribution is -2.26. The summed E-state index contributed by atoms with van der Waals surface area (Å²) in [4.78, 5) is 12.3. The number of carbonyl (C=O) groups is 1. The highest BCUT2D eigenvalue weighted by Crippen LogP contribution is 2.11. The fraction of sp³-hybridized carbons (Fsp3) is 0.235. The van der Waals surface area contributed by atoms with Gasteiger partial charge in [0.05, 0.1) is 4.90 Å². The highest BCUT2D eigenvalue weighted by atomic mass is 32.2. The molecule has 3 N–H and O–H groups in total. The van der Waals surface area contributed by atoms with E-state index in [1.165, 1.54) is 12.1 Å². The van der Waals surface area contributed by atoms with E-state index in [1.807, 2.05) is 32.0 Å². The Bertz CT molecular complexity index is 812. The quantitative estimate of drug-likeness (QED) is 0.876. The van der Waals surface area contributed by atoms with Crippen LogP contribution >= 0.6 is 0 Å². The van der Waals surface area contributed by atoms with Gasteiger partial charge in [-0.15, -0.1) is 0 Å². The third kappa shape index (κ3) is 4.64. The van der Waals surface area contributed by atoms with Gasteiger partial charge >= 0.3 is 0 Å². The van der Waals surface area contributed by atoms with E-state index >= 15 is 0 Å². The number of hydrogen-bond acceptors (Lipinski definition) is 3. The molecule has 0 radical (unpaired) electrons. The Kier molecular flexibility index (Phi) is 5.18. The summed E-state index contributed by atoms with van der Waals surface area (Å²) in [6.07, 6.45) is 0.613. The minimum atomic E-state index is -3.67. The topological polar surface area (TPSA) is 89.3 Å². The van der Waals surface area contributed by atoms with Crippen LogP contribution in [0.1, 0.15) is 27.0 Å². The molecule has 122 valence electrons. The number of sulfonamides is 1. The number of aryl methyl sites for hydroxylation is 2. The van der Waals surface area contributed by atoms with Crippen molar-refractivity contribution in [2.24, 2.45) is 5.14 Å². The number of hydrogen-bond donors (Lipinski definition) is 2. The maximum absolute atomic E-state index is 12.2. The minimum absolute atomic E-state index is 0.0840. The molecule has 0 fully saturated rings. The first-order valence-electron chi connectivity index (χ1n) is 7.24. The van der Waals surface area contributed by atoms with Gasteiger partial charge in [0.25, 0.3) is 5.91 Å². The predicted octanol–water partition coefficient (Wildman–Crippen LogP) is 1.92. The molecule has 0 aliphatic carbocycles. The van der Waals surface area contributed by atoms with Crippen LogP contribution < -0.4 is 10.5 Å². The van der Waals surface area contributed by atoms with Gasteiger partial charge in [-0.1, -0.05) is 29.8 Å². The van der Waals surface area contributed by atoms with E-state index in [1.54, 1.807) is 12.1 Å². The van der Waals surface area contributed by atoms with Gasteiger partial charge < -0.3 is 5.32 Å². The summed E-state index contributed by atoms with van der Waals surface area (Å²) in [5, 5.41) is 7.93. The summed E-state index contributed by atoms with van der Waals surface area (Å²) < 4.78 is 22.4. The van der Waals surface area contributed by atoms with Crippen LogP contribution in [0, 0.1) is 13.8 Å². The molecule has 2 rings (SSSR count). The van der Waals surface area contributed by atoms with Crippen molar-refractivity contribution < 1.29 is 13.2 Å². The van der Waals surface area contributed by atoms with E-state index in [9.17, 15) is 13.2 Å². The molecule has 0 saturated heterocycles. The standard InChI is InChI=1S/C17H20N2O3S/c1-12-3-4-13(2)16(11-12)17(20)19-10-9-14-5-7-15(8-6-14)23(18,21)22/h3-8,11H,9-10H2,1-2H3,(H,19,20)(H2,18,21,22). The molecule has 0 saturated carbocycles. The second-order valence-corrected chi connectivity index (χ2v) is 7.07. The number of carbonyl (C=O) groups excluding carboxylic acids is 1. The van der Waals surface area contributed by atoms with Crippen LogP contribution in [-0.2, 0) is 16.4 Å². The maximum Gasteiger partial charge on any atom is 0.251 e. The zero-order valence-electron chi connectivity index (χ0n) is 13.2. The molecule has 2 aromatic rings. The van der Waals surface area contributed by atoms with Crippen molar-refractivity contribution in [3.63, 3.8) is 0 Å². The number of rotatable bonds is 5. The SMILES string of the molecule is Cc1ccc(C)c(C(=O)NCCc2ccc(S(N)(=O)=O)cc2)c1. The largest absolute Gasteiger partial charge is 0.352 e. The van der Waals surface area contributed by atoms with E-state index in [2.05, 4.69) is 5.32 Å². The van der Waals surface area contributed by atoms with Gasteiger partial charge in [0.2, 0.25) is 10.0 Å². The van der Waals surface area contributed by atoms with Gasteiger partial charge in [-0.25, -0.2) is 13.6 Å². The highest BCUT2D eigenvalue weighted by Gasteiger charge is 2.09. The third-order valence-electron chi connectivity index (χ3n) is 3.59. The number of primary sulfonamides is 1. The first kappa shape index (κ1) is 17.2. The molecular formula is C17H20N2O3S. The minimum Gasteiger partial charge on any atom is -0.352 e. The van der Waals surface area contributed by atoms with Crippen LogP contribution in [0.4, 0.5) is 0 Å². The van der Waals surface area contributed by atoms with Crippen LogP contribution in [-0.4, -0.2) is 20.9 Å². The molecule has 0 aliphatic heterocycles. The summed E-state index contributed by atoms with van der Waals surface area (Å²) >= 11 is 0. The van der Waals surface area contributed by atoms with Crippen LogP contribution in [0.2, 0.25) is 0 Å². The fourth-order valence-corrected chi connectivity index (χ4v) is 2.76. The average molecular weight is 332 g/mol. The van der Waals surface area contributed by atoms with Crippen molar-refractivity contribution >= 4 is 15.9 Å². The summed E-state index contributed by atoms with van der Waals surface area (Å²) in [6, 6.07) is 12.1. The Hall–Kier alpha value is -2.18. The van der Waals surface area contributed by atoms with Crippen LogP contribution in [0.25, 0.3) is 0 Å². The van der Waals surface area contributed by atoms with Gasteiger partial charge in [-0.2, -0.15) is 0 Å². The zero-order valence-corrected chi connectivity index (χ0v) is 14.0. The van der Waals surface area contributed by atoms with Gasteiger partial charge in [0.1, 0.15) is 0 Å². The van der Waals surface area contributed by atoms with Crippen molar-refractivity contribution in [1.29, 1.82) is 0 Å². The summed E-state index contributed by atoms with van der Waals surface area (Å²) in [6.45, 7) is 4.32. The molecular weight excluding hydrogens is 312 g/mol. The molecule has 0 aliphatic rings. The molecule has 5 nitrogen and oxygen atoms in total. The van der Waals surface area contributed by atoms with Gasteiger partial charge in [-0.3, -0.25) is 4.79 Å². The zero-order chi connectivity index (χ0) is 17.0. The molecule has 0 heterocycles. The lowest BCUT2D eigenvalue weighted by molar-refractivity contribution is 0.0953. The Morgan fingerprint density at radius 3 is 2.35 bits per heavy atom. The molecule has 0 atom stereocenters. The van der Waals surface area contributed by atoms with Crippen molar-refractivity contribution in [2.75, 3.05) is 6.54 Å². The molecule has 0 bridgehead atoms. The maximum atomic E-state index is 12.2. The van der Waals surface area contributed by atoms with Crippen LogP contribution in [0.15, 0.2) is 47.4 Å². The fourth-order valence-electron chi connectivity index (χ4n) is 2.24. The Labute approximate surface area is 136 Å². The van der Waals surface area contributed by atoms with E-state index in [0.29, 0.717) is 18.5 Å². The molecule has 0 spiro atoms. The van der Waals surface area contributed by atoms with Gasteiger partial charge in [0, 0.05) is 12.1 Å². The number of nitrogens with one attached hydrogen (secondary N) is 1. The van der Waals surface area contributed by atoms with Crippen molar-refractivity contribution in [2.45, 2.75) is 25.2 Å². The van der Waals surface area contributed by atoms with E-state index < -0.39 is 10.0 Å². The van der Waals surface area contributed by atoms with E-state index in [4.69, 9.17) is 5.14 Å². The molecule has 2 aromatic carbocycles. The molecule has 23 heavy (non-hydrogen) atoms. The first-order chi connectivity index (χ1) is 10.8. The number of benzene rings is 2. The Morgan fingerprint density at radius 1 is 1.09 bits per heavy atom. The summed E-state index contributed by atoms with van der Waals surface area (Å²) in [5.74, 6) is -0.104. The summed E-state index contributed by atoms with van der Waals surface area (Å²) in [7, 11) is -3.67. The Balaban J connectivity index is 1.94. The van der Waals surface area contributed by atoms with Crippen molar-refractivity contribution in [3.05, 3.63) is 64.7 Å². The number of nitrogens with two attached hydrogens (primary N) is 1. The molecule has 6 heteroatoms. The highest BCUT2D eigenvalue weighted by molar-refractivity contribution is 7.89.